The number of β-amino-alcohol motifs (C(OH)–C–C–N with tert-alkyl or cyclic N) is 2. The number of fused-ring (bicyclic) bond motifs is 3. The van der Waals surface area contributed by atoms with Crippen LogP contribution >= 0.6 is 0 Å². The van der Waals surface area contributed by atoms with Gasteiger partial charge in [0.2, 0.25) is 11.8 Å². The molecule has 4 N–H and O–H groups in total. The summed E-state index contributed by atoms with van der Waals surface area (Å²) in [6, 6.07) is 11.1. The van der Waals surface area contributed by atoms with Gasteiger partial charge in [-0.25, -0.2) is 8.78 Å². The third kappa shape index (κ3) is 9.23. The Morgan fingerprint density at radius 1 is 0.859 bits per heavy atom. The number of ether oxygens (including phenoxy) is 1. The molecule has 3 amide bonds. The zero-order chi connectivity index (χ0) is 49.4. The highest BCUT2D eigenvalue weighted by Gasteiger charge is 2.47. The van der Waals surface area contributed by atoms with Gasteiger partial charge in [0.15, 0.2) is 5.82 Å². The van der Waals surface area contributed by atoms with Crippen molar-refractivity contribution in [2.45, 2.75) is 95.4 Å². The molecule has 16 nitrogen and oxygen atoms in total. The first-order chi connectivity index (χ1) is 34.1. The van der Waals surface area contributed by atoms with Crippen molar-refractivity contribution < 1.29 is 43.2 Å². The molecule has 7 heterocycles. The third-order valence-corrected chi connectivity index (χ3v) is 16.0. The lowest BCUT2D eigenvalue weighted by atomic mass is 9.89. The van der Waals surface area contributed by atoms with Gasteiger partial charge in [-0.2, -0.15) is 9.97 Å². The summed E-state index contributed by atoms with van der Waals surface area (Å²) in [5.41, 5.74) is 1.09. The molecule has 0 bridgehead atoms. The fourth-order valence-corrected chi connectivity index (χ4v) is 11.8. The molecule has 11 rings (SSSR count). The zero-order valence-electron chi connectivity index (χ0n) is 40.4. The van der Waals surface area contributed by atoms with E-state index < -0.39 is 34.8 Å². The molecule has 6 aliphatic rings. The molecule has 2 aromatic heterocycles. The van der Waals surface area contributed by atoms with Gasteiger partial charge in [0.1, 0.15) is 34.6 Å². The van der Waals surface area contributed by atoms with Crippen molar-refractivity contribution >= 4 is 50.9 Å². The van der Waals surface area contributed by atoms with E-state index in [2.05, 4.69) is 30.0 Å². The lowest BCUT2D eigenvalue weighted by molar-refractivity contribution is -0.136. The molecule has 4 saturated heterocycles. The number of amides is 3. The Kier molecular flexibility index (Phi) is 12.1. The maximum Gasteiger partial charge on any atom is 0.319 e. The number of rotatable bonds is 12. The normalized spacial score (nSPS) is 23.7. The molecule has 18 heteroatoms. The van der Waals surface area contributed by atoms with Crippen molar-refractivity contribution in [1.29, 1.82) is 0 Å². The van der Waals surface area contributed by atoms with Gasteiger partial charge in [0.25, 0.3) is 5.91 Å². The minimum atomic E-state index is -0.988. The molecule has 0 unspecified atom stereocenters. The lowest BCUT2D eigenvalue weighted by Gasteiger charge is -2.44. The molecule has 3 aromatic carbocycles. The molecule has 71 heavy (non-hydrogen) atoms. The fourth-order valence-electron chi connectivity index (χ4n) is 11.8. The number of likely N-dealkylation sites (tertiary alicyclic amines) is 1. The molecule has 374 valence electrons. The topological polar surface area (TPSA) is 188 Å². The molecule has 5 aliphatic heterocycles. The number of phenolic OH excluding ortho intramolecular Hbond substituents is 1. The van der Waals surface area contributed by atoms with E-state index in [1.54, 1.807) is 17.9 Å². The molecule has 0 spiro atoms. The van der Waals surface area contributed by atoms with E-state index in [0.717, 1.165) is 69.9 Å². The SMILES string of the molecule is CCc1c(F)ccc2cc(O)cc(-c3ncc4c(N5CCC[C@@](C)(O)C5)nc(OCC5(CN6CCC(O)(CN7CCN(c8ccc9c(c8)CN([C@H]8CCC(=O)NC8=O)C9=O)CC7)CC6)CC5)nc4c3F)c12. The Hall–Kier alpha value is -6.08. The van der Waals surface area contributed by atoms with E-state index in [1.165, 1.54) is 24.4 Å². The average Bonchev–Trinajstić information content (AvgIpc) is 4.04. The summed E-state index contributed by atoms with van der Waals surface area (Å²) >= 11 is 0. The smallest absolute Gasteiger partial charge is 0.319 e. The number of piperazine rings is 1. The number of hydrogen-bond acceptors (Lipinski definition) is 14. The Morgan fingerprint density at radius 2 is 1.63 bits per heavy atom. The van der Waals surface area contributed by atoms with Crippen LogP contribution in [0.3, 0.4) is 0 Å². The minimum absolute atomic E-state index is 0.0110. The van der Waals surface area contributed by atoms with Crippen LogP contribution in [-0.4, -0.2) is 152 Å². The molecular formula is C53H61F2N9O7. The van der Waals surface area contributed by atoms with E-state index in [-0.39, 0.29) is 58.7 Å². The number of pyridine rings is 1. The summed E-state index contributed by atoms with van der Waals surface area (Å²) in [5, 5.41) is 37.4. The van der Waals surface area contributed by atoms with Crippen molar-refractivity contribution in [3.05, 3.63) is 77.0 Å². The summed E-state index contributed by atoms with van der Waals surface area (Å²) in [5.74, 6) is -1.78. The number of nitrogens with one attached hydrogen (secondary N) is 1. The van der Waals surface area contributed by atoms with E-state index in [9.17, 15) is 29.7 Å². The number of hydrogen-bond donors (Lipinski definition) is 4. The molecule has 1 saturated carbocycles. The van der Waals surface area contributed by atoms with E-state index in [1.807, 2.05) is 30.0 Å². The average molecular weight is 974 g/mol. The number of halogens is 2. The number of carbonyl (C=O) groups excluding carboxylic acids is 3. The highest BCUT2D eigenvalue weighted by atomic mass is 19.1. The van der Waals surface area contributed by atoms with Gasteiger partial charge in [-0.05, 0) is 117 Å². The lowest BCUT2D eigenvalue weighted by Crippen LogP contribution is -2.55. The van der Waals surface area contributed by atoms with Crippen LogP contribution in [0.2, 0.25) is 0 Å². The number of carbonyl (C=O) groups is 3. The van der Waals surface area contributed by atoms with Gasteiger partial charge in [-0.15, -0.1) is 0 Å². The summed E-state index contributed by atoms with van der Waals surface area (Å²) in [4.78, 5) is 62.1. The number of phenols is 1. The maximum atomic E-state index is 17.1. The molecule has 2 atom stereocenters. The number of aromatic nitrogens is 3. The molecule has 1 aliphatic carbocycles. The summed E-state index contributed by atoms with van der Waals surface area (Å²) < 4.78 is 38.7. The molecular weight excluding hydrogens is 913 g/mol. The monoisotopic (exact) mass is 973 g/mol. The second-order valence-corrected chi connectivity index (χ2v) is 21.3. The Labute approximate surface area is 410 Å². The number of anilines is 2. The van der Waals surface area contributed by atoms with Crippen LogP contribution in [0.4, 0.5) is 20.3 Å². The highest BCUT2D eigenvalue weighted by Crippen LogP contribution is 2.48. The second kappa shape index (κ2) is 18.2. The van der Waals surface area contributed by atoms with Crippen LogP contribution in [0.5, 0.6) is 11.8 Å². The van der Waals surface area contributed by atoms with Crippen molar-refractivity contribution in [3.8, 4) is 23.0 Å². The number of imide groups is 1. The van der Waals surface area contributed by atoms with Crippen molar-refractivity contribution in [1.82, 2.24) is 35.0 Å². The van der Waals surface area contributed by atoms with Crippen LogP contribution in [-0.2, 0) is 22.6 Å². The van der Waals surface area contributed by atoms with Gasteiger partial charge in [0.05, 0.1) is 23.2 Å². The number of aromatic hydroxyl groups is 1. The van der Waals surface area contributed by atoms with E-state index in [0.29, 0.717) is 97.9 Å². The van der Waals surface area contributed by atoms with Crippen molar-refractivity contribution in [2.75, 3.05) is 81.9 Å². The third-order valence-electron chi connectivity index (χ3n) is 16.0. The van der Waals surface area contributed by atoms with Crippen molar-refractivity contribution in [3.63, 3.8) is 0 Å². The van der Waals surface area contributed by atoms with Gasteiger partial charge < -0.3 is 39.7 Å². The van der Waals surface area contributed by atoms with Gasteiger partial charge in [-0.1, -0.05) is 13.0 Å². The predicted molar refractivity (Wildman–Crippen MR) is 262 cm³/mol. The molecule has 5 aromatic rings. The largest absolute Gasteiger partial charge is 0.508 e. The molecule has 5 fully saturated rings. The quantitative estimate of drug-likeness (QED) is 0.118. The van der Waals surface area contributed by atoms with Crippen LogP contribution in [0, 0.1) is 17.0 Å². The van der Waals surface area contributed by atoms with Crippen LogP contribution < -0.4 is 19.9 Å². The number of aliphatic hydroxyl groups is 2. The van der Waals surface area contributed by atoms with Gasteiger partial charge >= 0.3 is 6.01 Å². The Bertz CT molecular complexity index is 2950. The standard InChI is InChI=1S/C53H61F2N9O7/c1-3-36-40(54)8-5-32-24-35(65)25-38(43(32)36)45-44(55)46-39(26-56-45)47(63-16-4-11-51(2,69)28-63)59-50(58-46)71-31-52(12-13-52)29-60-17-14-53(70,15-18-60)30-61-19-21-62(22-20-61)34-6-7-37-33(23-34)27-64(49(37)68)41-9-10-42(66)57-48(41)67/h5-8,23-26,41,65,69-70H,3-4,9-22,27-31H2,1-2H3,(H,57,66,67)/t41-,51+/m0/s1. The van der Waals surface area contributed by atoms with Gasteiger partial charge in [0, 0.05) is 107 Å². The fraction of sp³-hybridized carbons (Fsp3) is 0.509. The zero-order valence-corrected chi connectivity index (χ0v) is 40.4. The Morgan fingerprint density at radius 3 is 2.37 bits per heavy atom. The van der Waals surface area contributed by atoms with Gasteiger partial charge in [-0.3, -0.25) is 29.6 Å². The second-order valence-electron chi connectivity index (χ2n) is 21.3. The maximum absolute atomic E-state index is 17.1. The van der Waals surface area contributed by atoms with E-state index in [4.69, 9.17) is 9.72 Å². The molecule has 0 radical (unpaired) electrons. The van der Waals surface area contributed by atoms with Crippen LogP contribution in [0.25, 0.3) is 32.9 Å². The minimum Gasteiger partial charge on any atom is -0.508 e. The summed E-state index contributed by atoms with van der Waals surface area (Å²) in [7, 11) is 0. The first-order valence-corrected chi connectivity index (χ1v) is 25.2. The predicted octanol–water partition coefficient (Wildman–Crippen LogP) is 5.31. The number of piperidine rings is 3. The number of benzene rings is 3. The first-order valence-electron chi connectivity index (χ1n) is 25.2. The highest BCUT2D eigenvalue weighted by molar-refractivity contribution is 6.06. The number of aryl methyl sites for hydroxylation is 1. The van der Waals surface area contributed by atoms with E-state index >= 15 is 8.78 Å². The number of nitrogens with zero attached hydrogens (tertiary/aromatic N) is 8. The van der Waals surface area contributed by atoms with Crippen LogP contribution in [0.1, 0.15) is 86.7 Å². The summed E-state index contributed by atoms with van der Waals surface area (Å²) in [6.45, 7) is 11.1. The summed E-state index contributed by atoms with van der Waals surface area (Å²) in [6.07, 6.45) is 6.87. The van der Waals surface area contributed by atoms with Crippen molar-refractivity contribution in [2.24, 2.45) is 5.41 Å². The van der Waals surface area contributed by atoms with Crippen LogP contribution in [0.15, 0.2) is 48.7 Å². The first kappa shape index (κ1) is 47.3. The Balaban J connectivity index is 0.733.